The number of fused-ring (bicyclic) bond motifs is 4. The van der Waals surface area contributed by atoms with Gasteiger partial charge in [-0.25, -0.2) is 9.97 Å². The summed E-state index contributed by atoms with van der Waals surface area (Å²) in [7, 11) is 1.84. The molecule has 1 amide bonds. The summed E-state index contributed by atoms with van der Waals surface area (Å²) in [5.41, 5.74) is 5.42. The number of piperidine rings is 1. The molecule has 4 aromatic rings. The highest BCUT2D eigenvalue weighted by atomic mass is 16.5. The largest absolute Gasteiger partial charge is 0.457 e. The maximum atomic E-state index is 13.3. The number of nitrogens with one attached hydrogen (secondary N) is 1. The van der Waals surface area contributed by atoms with Gasteiger partial charge in [0.1, 0.15) is 11.5 Å². The number of nitrogens with zero attached hydrogens (tertiary/aromatic N) is 3. The van der Waals surface area contributed by atoms with Gasteiger partial charge in [-0.15, -0.1) is 0 Å². The van der Waals surface area contributed by atoms with Crippen LogP contribution >= 0.6 is 0 Å². The Hall–Kier alpha value is -4.19. The van der Waals surface area contributed by atoms with E-state index < -0.39 is 0 Å². The van der Waals surface area contributed by atoms with Crippen LogP contribution in [0, 0.1) is 0 Å². The first-order chi connectivity index (χ1) is 17.6. The van der Waals surface area contributed by atoms with Crippen LogP contribution in [0.4, 0.5) is 5.95 Å². The standard InChI is InChI=1S/C30H28N4O2/c1-31-29-32-20-22-19-30(26-10-6-5-9-25(26)27(22)33-29)15-17-34(18-16-30)28(35)21-11-13-24(14-12-21)36-23-7-3-2-4-8-23/h2-14,20H,15-19H2,1H3,(H,31,32,33). The molecule has 0 saturated carbocycles. The van der Waals surface area contributed by atoms with Crippen molar-refractivity contribution in [1.82, 2.24) is 14.9 Å². The number of likely N-dealkylation sites (tertiary alicyclic amines) is 1. The van der Waals surface area contributed by atoms with Gasteiger partial charge in [-0.05, 0) is 66.8 Å². The third kappa shape index (κ3) is 3.98. The van der Waals surface area contributed by atoms with E-state index in [0.717, 1.165) is 49.5 Å². The molecule has 2 aliphatic rings. The van der Waals surface area contributed by atoms with Gasteiger partial charge in [0, 0.05) is 42.9 Å². The summed E-state index contributed by atoms with van der Waals surface area (Å²) >= 11 is 0. The minimum atomic E-state index is -0.00171. The van der Waals surface area contributed by atoms with Gasteiger partial charge in [0.25, 0.3) is 5.91 Å². The van der Waals surface area contributed by atoms with Crippen LogP contribution in [0.1, 0.15) is 34.3 Å². The van der Waals surface area contributed by atoms with Crippen molar-refractivity contribution in [3.8, 4) is 22.8 Å². The van der Waals surface area contributed by atoms with Crippen LogP contribution in [-0.4, -0.2) is 40.9 Å². The highest BCUT2D eigenvalue weighted by Crippen LogP contribution is 2.48. The Kier molecular flexibility index (Phi) is 5.64. The number of rotatable bonds is 4. The van der Waals surface area contributed by atoms with Crippen molar-refractivity contribution in [1.29, 1.82) is 0 Å². The number of para-hydroxylation sites is 1. The Balaban J connectivity index is 1.18. The number of hydrogen-bond acceptors (Lipinski definition) is 5. The molecule has 6 heteroatoms. The monoisotopic (exact) mass is 476 g/mol. The predicted octanol–water partition coefficient (Wildman–Crippen LogP) is 5.71. The Morgan fingerprint density at radius 3 is 2.36 bits per heavy atom. The zero-order valence-electron chi connectivity index (χ0n) is 20.3. The highest BCUT2D eigenvalue weighted by Gasteiger charge is 2.42. The van der Waals surface area contributed by atoms with E-state index in [2.05, 4.69) is 34.6 Å². The lowest BCUT2D eigenvalue weighted by Gasteiger charge is -2.45. The molecule has 1 N–H and O–H groups in total. The number of carbonyl (C=O) groups excluding carboxylic acids is 1. The maximum Gasteiger partial charge on any atom is 0.253 e. The molecule has 6 nitrogen and oxygen atoms in total. The molecular weight excluding hydrogens is 448 g/mol. The molecular formula is C30H28N4O2. The van der Waals surface area contributed by atoms with E-state index in [1.807, 2.05) is 72.7 Å². The average Bonchev–Trinajstić information content (AvgIpc) is 2.94. The summed E-state index contributed by atoms with van der Waals surface area (Å²) < 4.78 is 5.87. The summed E-state index contributed by atoms with van der Waals surface area (Å²) in [5, 5.41) is 3.05. The van der Waals surface area contributed by atoms with E-state index in [-0.39, 0.29) is 11.3 Å². The fourth-order valence-corrected chi connectivity index (χ4v) is 5.56. The average molecular weight is 477 g/mol. The van der Waals surface area contributed by atoms with Gasteiger partial charge in [-0.3, -0.25) is 4.79 Å². The van der Waals surface area contributed by atoms with Crippen molar-refractivity contribution < 1.29 is 9.53 Å². The predicted molar refractivity (Wildman–Crippen MR) is 140 cm³/mol. The van der Waals surface area contributed by atoms with Crippen LogP contribution in [0.25, 0.3) is 11.3 Å². The molecule has 1 aromatic heterocycles. The fraction of sp³-hybridized carbons (Fsp3) is 0.233. The number of carbonyl (C=O) groups is 1. The Bertz CT molecular complexity index is 1390. The highest BCUT2D eigenvalue weighted by molar-refractivity contribution is 5.94. The number of benzene rings is 3. The fourth-order valence-electron chi connectivity index (χ4n) is 5.56. The van der Waals surface area contributed by atoms with E-state index >= 15 is 0 Å². The van der Waals surface area contributed by atoms with Gasteiger partial charge in [0.2, 0.25) is 5.95 Å². The van der Waals surface area contributed by atoms with Crippen molar-refractivity contribution >= 4 is 11.9 Å². The lowest BCUT2D eigenvalue weighted by Crippen LogP contribution is -2.47. The summed E-state index contributed by atoms with van der Waals surface area (Å²) in [4.78, 5) is 24.5. The Morgan fingerprint density at radius 2 is 1.61 bits per heavy atom. The maximum absolute atomic E-state index is 13.3. The number of amides is 1. The molecule has 1 aliphatic heterocycles. The van der Waals surface area contributed by atoms with Gasteiger partial charge in [0.05, 0.1) is 5.69 Å². The molecule has 0 atom stereocenters. The number of aromatic nitrogens is 2. The van der Waals surface area contributed by atoms with Gasteiger partial charge in [0.15, 0.2) is 0 Å². The molecule has 180 valence electrons. The zero-order chi connectivity index (χ0) is 24.5. The summed E-state index contributed by atoms with van der Waals surface area (Å²) in [5.74, 6) is 2.21. The van der Waals surface area contributed by atoms with Crippen molar-refractivity contribution in [2.75, 3.05) is 25.5 Å². The van der Waals surface area contributed by atoms with Crippen molar-refractivity contribution in [2.45, 2.75) is 24.7 Å². The van der Waals surface area contributed by atoms with E-state index in [0.29, 0.717) is 11.5 Å². The van der Waals surface area contributed by atoms with Crippen molar-refractivity contribution in [3.63, 3.8) is 0 Å². The van der Waals surface area contributed by atoms with Crippen LogP contribution in [0.5, 0.6) is 11.5 Å². The molecule has 1 fully saturated rings. The zero-order valence-corrected chi connectivity index (χ0v) is 20.3. The third-order valence-corrected chi connectivity index (χ3v) is 7.46. The summed E-state index contributed by atoms with van der Waals surface area (Å²) in [6.07, 6.45) is 4.69. The first kappa shape index (κ1) is 22.3. The molecule has 0 radical (unpaired) electrons. The van der Waals surface area contributed by atoms with Gasteiger partial charge in [-0.1, -0.05) is 42.5 Å². The minimum Gasteiger partial charge on any atom is -0.457 e. The van der Waals surface area contributed by atoms with Gasteiger partial charge < -0.3 is 15.0 Å². The van der Waals surface area contributed by atoms with Crippen molar-refractivity contribution in [2.24, 2.45) is 0 Å². The van der Waals surface area contributed by atoms with E-state index in [9.17, 15) is 4.79 Å². The molecule has 1 saturated heterocycles. The van der Waals surface area contributed by atoms with E-state index in [4.69, 9.17) is 9.72 Å². The second kappa shape index (κ2) is 9.11. The lowest BCUT2D eigenvalue weighted by molar-refractivity contribution is 0.0664. The van der Waals surface area contributed by atoms with Crippen molar-refractivity contribution in [3.05, 3.63) is 102 Å². The van der Waals surface area contributed by atoms with Gasteiger partial charge in [-0.2, -0.15) is 0 Å². The lowest BCUT2D eigenvalue weighted by atomic mass is 9.64. The number of hydrogen-bond donors (Lipinski definition) is 1. The Labute approximate surface area is 211 Å². The van der Waals surface area contributed by atoms with Crippen LogP contribution in [-0.2, 0) is 11.8 Å². The smallest absolute Gasteiger partial charge is 0.253 e. The van der Waals surface area contributed by atoms with Gasteiger partial charge >= 0.3 is 0 Å². The first-order valence-corrected chi connectivity index (χ1v) is 12.4. The topological polar surface area (TPSA) is 67.4 Å². The molecule has 1 spiro atoms. The van der Waals surface area contributed by atoms with Crippen LogP contribution in [0.2, 0.25) is 0 Å². The molecule has 6 rings (SSSR count). The summed E-state index contributed by atoms with van der Waals surface area (Å²) in [6.45, 7) is 1.44. The third-order valence-electron chi connectivity index (χ3n) is 7.46. The molecule has 3 aromatic carbocycles. The van der Waals surface area contributed by atoms with Crippen LogP contribution in [0.15, 0.2) is 85.1 Å². The second-order valence-corrected chi connectivity index (χ2v) is 9.55. The SMILES string of the molecule is CNc1ncc2c(n1)-c1ccccc1C1(CCN(C(=O)c3ccc(Oc4ccccc4)cc3)CC1)C2. The second-order valence-electron chi connectivity index (χ2n) is 9.55. The van der Waals surface area contributed by atoms with E-state index in [1.165, 1.54) is 16.7 Å². The molecule has 0 unspecified atom stereocenters. The molecule has 0 bridgehead atoms. The molecule has 36 heavy (non-hydrogen) atoms. The van der Waals surface area contributed by atoms with Crippen LogP contribution in [0.3, 0.4) is 0 Å². The van der Waals surface area contributed by atoms with Crippen LogP contribution < -0.4 is 10.1 Å². The molecule has 1 aliphatic carbocycles. The number of anilines is 1. The van der Waals surface area contributed by atoms with E-state index in [1.54, 1.807) is 0 Å². The summed E-state index contributed by atoms with van der Waals surface area (Å²) in [6, 6.07) is 25.7. The minimum absolute atomic E-state index is 0.00171. The normalized spacial score (nSPS) is 15.6. The number of ether oxygens (including phenoxy) is 1. The first-order valence-electron chi connectivity index (χ1n) is 12.4. The Morgan fingerprint density at radius 1 is 0.917 bits per heavy atom. The molecule has 2 heterocycles. The quantitative estimate of drug-likeness (QED) is 0.409.